The Labute approximate surface area is 111 Å². The highest BCUT2D eigenvalue weighted by atomic mass is 32.2. The van der Waals surface area contributed by atoms with Gasteiger partial charge in [-0.05, 0) is 13.8 Å². The molecule has 0 radical (unpaired) electrons. The lowest BCUT2D eigenvalue weighted by Crippen LogP contribution is -2.49. The summed E-state index contributed by atoms with van der Waals surface area (Å²) in [5, 5.41) is 0. The Bertz CT molecular complexity index is 484. The van der Waals surface area contributed by atoms with Crippen LogP contribution in [0.25, 0.3) is 0 Å². The lowest BCUT2D eigenvalue weighted by atomic mass is 10.1. The summed E-state index contributed by atoms with van der Waals surface area (Å²) in [7, 11) is -3.77. The Morgan fingerprint density at radius 2 is 1.89 bits per heavy atom. The summed E-state index contributed by atoms with van der Waals surface area (Å²) in [5.74, 6) is -1.29. The van der Waals surface area contributed by atoms with Gasteiger partial charge in [-0.3, -0.25) is 9.52 Å². The van der Waals surface area contributed by atoms with Gasteiger partial charge in [-0.2, -0.15) is 13.1 Å². The number of hydrogen-bond donors (Lipinski definition) is 2. The van der Waals surface area contributed by atoms with Crippen molar-refractivity contribution in [1.82, 2.24) is 9.44 Å². The van der Waals surface area contributed by atoms with Crippen molar-refractivity contribution in [2.75, 3.05) is 13.2 Å². The Balaban J connectivity index is 2.88. The molecule has 0 aliphatic carbocycles. The number of hydrogen-bond acceptors (Lipinski definition) is 6. The van der Waals surface area contributed by atoms with Crippen LogP contribution in [-0.4, -0.2) is 39.6 Å². The molecule has 1 aliphatic heterocycles. The summed E-state index contributed by atoms with van der Waals surface area (Å²) in [4.78, 5) is 23.0. The normalized spacial score (nSPS) is 20.9. The van der Waals surface area contributed by atoms with Crippen LogP contribution in [0, 0.1) is 0 Å². The van der Waals surface area contributed by atoms with E-state index in [2.05, 4.69) is 4.72 Å². The van der Waals surface area contributed by atoms with Crippen LogP contribution in [0.3, 0.4) is 0 Å². The Morgan fingerprint density at radius 3 is 2.47 bits per heavy atom. The summed E-state index contributed by atoms with van der Waals surface area (Å²) in [6.07, 6.45) is 0.743. The van der Waals surface area contributed by atoms with Crippen molar-refractivity contribution in [3.05, 3.63) is 11.8 Å². The number of esters is 2. The van der Waals surface area contributed by atoms with Gasteiger partial charge in [0, 0.05) is 6.20 Å². The summed E-state index contributed by atoms with van der Waals surface area (Å²) in [6.45, 7) is 3.58. The number of carbonyl (C=O) groups is 2. The zero-order chi connectivity index (χ0) is 14.5. The molecular formula is C10H16N2O6S. The molecule has 2 N–H and O–H groups in total. The first-order valence-electron chi connectivity index (χ1n) is 5.72. The van der Waals surface area contributed by atoms with E-state index in [0.717, 1.165) is 6.20 Å². The van der Waals surface area contributed by atoms with E-state index in [0.29, 0.717) is 0 Å². The van der Waals surface area contributed by atoms with Crippen molar-refractivity contribution in [2.24, 2.45) is 0 Å². The fraction of sp³-hybridized carbons (Fsp3) is 0.600. The number of ether oxygens (including phenoxy) is 2. The molecule has 1 rings (SSSR count). The van der Waals surface area contributed by atoms with Crippen LogP contribution in [0.2, 0.25) is 0 Å². The summed E-state index contributed by atoms with van der Waals surface area (Å²) < 4.78 is 36.4. The Morgan fingerprint density at radius 1 is 1.26 bits per heavy atom. The monoisotopic (exact) mass is 292 g/mol. The molecule has 1 heterocycles. The third-order valence-electron chi connectivity index (χ3n) is 2.23. The van der Waals surface area contributed by atoms with Gasteiger partial charge in [0.1, 0.15) is 0 Å². The van der Waals surface area contributed by atoms with Crippen LogP contribution < -0.4 is 9.44 Å². The van der Waals surface area contributed by atoms with E-state index in [9.17, 15) is 18.0 Å². The minimum absolute atomic E-state index is 0.0322. The largest absolute Gasteiger partial charge is 0.466 e. The first kappa shape index (κ1) is 15.4. The molecule has 0 saturated heterocycles. The van der Waals surface area contributed by atoms with Crippen molar-refractivity contribution in [1.29, 1.82) is 0 Å². The second kappa shape index (κ2) is 6.53. The molecule has 0 amide bonds. The van der Waals surface area contributed by atoms with E-state index in [1.54, 1.807) is 13.8 Å². The maximum Gasteiger partial charge on any atom is 0.337 e. The van der Waals surface area contributed by atoms with E-state index >= 15 is 0 Å². The average molecular weight is 292 g/mol. The average Bonchev–Trinajstić information content (AvgIpc) is 2.28. The lowest BCUT2D eigenvalue weighted by molar-refractivity contribution is -0.143. The van der Waals surface area contributed by atoms with Crippen LogP contribution in [0.4, 0.5) is 0 Å². The quantitative estimate of drug-likeness (QED) is 0.641. The van der Waals surface area contributed by atoms with Gasteiger partial charge in [-0.15, -0.1) is 0 Å². The zero-order valence-electron chi connectivity index (χ0n) is 10.6. The highest BCUT2D eigenvalue weighted by Gasteiger charge is 2.32. The van der Waals surface area contributed by atoms with Crippen LogP contribution in [0.15, 0.2) is 11.8 Å². The molecule has 0 aromatic rings. The number of carbonyl (C=O) groups excluding carboxylic acids is 2. The molecule has 1 aliphatic rings. The highest BCUT2D eigenvalue weighted by Crippen LogP contribution is 2.14. The zero-order valence-corrected chi connectivity index (χ0v) is 11.5. The molecule has 0 saturated carbocycles. The minimum Gasteiger partial charge on any atom is -0.466 e. The second-order valence-electron chi connectivity index (χ2n) is 3.62. The second-order valence-corrected chi connectivity index (χ2v) is 5.10. The molecule has 0 aromatic heterocycles. The van der Waals surface area contributed by atoms with E-state index < -0.39 is 28.2 Å². The summed E-state index contributed by atoms with van der Waals surface area (Å²) in [5.41, 5.74) is 0.0322. The molecule has 0 bridgehead atoms. The van der Waals surface area contributed by atoms with Crippen molar-refractivity contribution in [2.45, 2.75) is 26.3 Å². The van der Waals surface area contributed by atoms with Crippen molar-refractivity contribution < 1.29 is 27.5 Å². The molecule has 19 heavy (non-hydrogen) atoms. The van der Waals surface area contributed by atoms with E-state index in [4.69, 9.17) is 9.47 Å². The molecule has 0 aromatic carbocycles. The van der Waals surface area contributed by atoms with Gasteiger partial charge in [0.15, 0.2) is 0 Å². The summed E-state index contributed by atoms with van der Waals surface area (Å²) >= 11 is 0. The molecule has 1 atom stereocenters. The lowest BCUT2D eigenvalue weighted by Gasteiger charge is -2.24. The van der Waals surface area contributed by atoms with Gasteiger partial charge in [0.05, 0.1) is 31.2 Å². The minimum atomic E-state index is -3.77. The highest BCUT2D eigenvalue weighted by molar-refractivity contribution is 7.87. The number of nitrogens with one attached hydrogen (secondary N) is 2. The van der Waals surface area contributed by atoms with E-state index in [1.807, 2.05) is 4.72 Å². The van der Waals surface area contributed by atoms with Crippen molar-refractivity contribution in [3.8, 4) is 0 Å². The first-order valence-corrected chi connectivity index (χ1v) is 7.20. The molecule has 0 spiro atoms. The van der Waals surface area contributed by atoms with Gasteiger partial charge in [-0.1, -0.05) is 0 Å². The standard InChI is InChI=1S/C10H16N2O6S/c1-3-17-9(13)5-8-7(10(14)18-4-2)6-11-19(15,16)12-8/h6,8,11-12H,3-5H2,1-2H3. The molecule has 108 valence electrons. The molecule has 1 unspecified atom stereocenters. The van der Waals surface area contributed by atoms with Gasteiger partial charge in [0.2, 0.25) is 0 Å². The molecule has 8 nitrogen and oxygen atoms in total. The maximum atomic E-state index is 11.6. The molecular weight excluding hydrogens is 276 g/mol. The van der Waals surface area contributed by atoms with E-state index in [1.165, 1.54) is 0 Å². The van der Waals surface area contributed by atoms with Gasteiger partial charge in [-0.25, -0.2) is 4.79 Å². The van der Waals surface area contributed by atoms with Crippen LogP contribution >= 0.6 is 0 Å². The fourth-order valence-corrected chi connectivity index (χ4v) is 2.42. The van der Waals surface area contributed by atoms with Gasteiger partial charge in [0.25, 0.3) is 10.2 Å². The fourth-order valence-electron chi connectivity index (χ4n) is 1.48. The van der Waals surface area contributed by atoms with Gasteiger partial charge < -0.3 is 9.47 Å². The van der Waals surface area contributed by atoms with Crippen molar-refractivity contribution >= 4 is 22.1 Å². The first-order chi connectivity index (χ1) is 8.89. The third-order valence-corrected chi connectivity index (χ3v) is 3.25. The Kier molecular flexibility index (Phi) is 5.31. The maximum absolute atomic E-state index is 11.6. The topological polar surface area (TPSA) is 111 Å². The predicted molar refractivity (Wildman–Crippen MR) is 64.9 cm³/mol. The predicted octanol–water partition coefficient (Wildman–Crippen LogP) is -0.807. The van der Waals surface area contributed by atoms with Gasteiger partial charge >= 0.3 is 11.9 Å². The smallest absolute Gasteiger partial charge is 0.337 e. The number of rotatable bonds is 5. The van der Waals surface area contributed by atoms with Crippen LogP contribution in [0.1, 0.15) is 20.3 Å². The van der Waals surface area contributed by atoms with Crippen LogP contribution in [0.5, 0.6) is 0 Å². The van der Waals surface area contributed by atoms with Crippen LogP contribution in [-0.2, 0) is 29.3 Å². The Hall–Kier alpha value is -1.61. The van der Waals surface area contributed by atoms with Crippen molar-refractivity contribution in [3.63, 3.8) is 0 Å². The van der Waals surface area contributed by atoms with E-state index in [-0.39, 0.29) is 25.2 Å². The SMILES string of the molecule is CCOC(=O)CC1NS(=O)(=O)NC=C1C(=O)OCC. The third kappa shape index (κ3) is 4.52. The summed E-state index contributed by atoms with van der Waals surface area (Å²) in [6, 6.07) is -0.996. The molecule has 0 fully saturated rings. The molecule has 9 heteroatoms.